The summed E-state index contributed by atoms with van der Waals surface area (Å²) >= 11 is 0. The van der Waals surface area contributed by atoms with Crippen molar-refractivity contribution in [2.75, 3.05) is 13.2 Å². The van der Waals surface area contributed by atoms with Crippen LogP contribution in [0.3, 0.4) is 0 Å². The molecule has 0 saturated heterocycles. The molecule has 0 spiro atoms. The van der Waals surface area contributed by atoms with Crippen molar-refractivity contribution < 1.29 is 28.6 Å². The van der Waals surface area contributed by atoms with E-state index in [-0.39, 0.29) is 37.5 Å². The van der Waals surface area contributed by atoms with Gasteiger partial charge in [-0.05, 0) is 135 Å². The Balaban J connectivity index is 4.39. The van der Waals surface area contributed by atoms with Crippen LogP contribution in [0.2, 0.25) is 0 Å². The summed E-state index contributed by atoms with van der Waals surface area (Å²) in [6, 6.07) is 0. The predicted molar refractivity (Wildman–Crippen MR) is 311 cm³/mol. The molecule has 6 nitrogen and oxygen atoms in total. The van der Waals surface area contributed by atoms with E-state index in [2.05, 4.69) is 167 Å². The fourth-order valence-electron chi connectivity index (χ4n) is 7.30. The minimum absolute atomic E-state index is 0.105. The van der Waals surface area contributed by atoms with E-state index in [1.807, 2.05) is 0 Å². The molecule has 1 atom stereocenters. The highest BCUT2D eigenvalue weighted by Crippen LogP contribution is 2.13. The van der Waals surface area contributed by atoms with Gasteiger partial charge in [0.25, 0.3) is 0 Å². The normalized spacial score (nSPS) is 13.2. The van der Waals surface area contributed by atoms with Gasteiger partial charge in [0, 0.05) is 19.3 Å². The molecule has 6 heteroatoms. The first kappa shape index (κ1) is 67.3. The topological polar surface area (TPSA) is 78.9 Å². The lowest BCUT2D eigenvalue weighted by molar-refractivity contribution is -0.167. The maximum atomic E-state index is 12.8. The van der Waals surface area contributed by atoms with Crippen molar-refractivity contribution in [2.45, 2.75) is 239 Å². The van der Waals surface area contributed by atoms with Crippen LogP contribution >= 0.6 is 0 Å². The largest absolute Gasteiger partial charge is 0.462 e. The van der Waals surface area contributed by atoms with Gasteiger partial charge >= 0.3 is 17.9 Å². The van der Waals surface area contributed by atoms with Gasteiger partial charge in [-0.15, -0.1) is 0 Å². The molecular formula is C66H104O6. The van der Waals surface area contributed by atoms with E-state index < -0.39 is 6.10 Å². The Labute approximate surface area is 442 Å². The molecule has 0 aliphatic heterocycles. The summed E-state index contributed by atoms with van der Waals surface area (Å²) in [5, 5.41) is 0. The third-order valence-corrected chi connectivity index (χ3v) is 11.5. The highest BCUT2D eigenvalue weighted by molar-refractivity contribution is 5.71. The standard InChI is InChI=1S/C66H104O6/c1-4-7-10-13-16-19-22-24-26-28-29-30-31-32-33-34-35-36-37-39-40-42-44-47-50-53-56-59-65(68)71-62-63(61-70-64(67)58-55-52-49-46-21-18-15-12-9-6-3)72-66(69)60-57-54-51-48-45-43-41-38-27-25-23-20-17-14-11-8-5-2/h7-8,10-12,15-17,19-20,24-27,29-30,32-33,35-36,39-41,43,63H,4-6,9,13-14,18,21-23,28,31,34,37-38,42,44-62H2,1-3H3/b10-7-,11-8-,15-12-,19-16-,20-17-,26-24-,27-25-,30-29-,33-32-,36-35-,40-39-,43-41-. The summed E-state index contributed by atoms with van der Waals surface area (Å²) in [5.74, 6) is -0.966. The molecule has 0 fully saturated rings. The molecule has 0 aliphatic carbocycles. The predicted octanol–water partition coefficient (Wildman–Crippen LogP) is 19.6. The number of hydrogen-bond donors (Lipinski definition) is 0. The zero-order valence-corrected chi connectivity index (χ0v) is 46.1. The lowest BCUT2D eigenvalue weighted by atomic mass is 10.1. The van der Waals surface area contributed by atoms with E-state index in [1.54, 1.807) is 0 Å². The molecule has 1 unspecified atom stereocenters. The minimum Gasteiger partial charge on any atom is -0.462 e. The number of rotatable bonds is 50. The Morgan fingerprint density at radius 2 is 0.542 bits per heavy atom. The second kappa shape index (κ2) is 58.9. The first-order valence-electron chi connectivity index (χ1n) is 28.8. The summed E-state index contributed by atoms with van der Waals surface area (Å²) < 4.78 is 16.8. The van der Waals surface area contributed by atoms with E-state index >= 15 is 0 Å². The van der Waals surface area contributed by atoms with Crippen molar-refractivity contribution in [1.82, 2.24) is 0 Å². The quantitative estimate of drug-likeness (QED) is 0.0261. The second-order valence-electron chi connectivity index (χ2n) is 18.4. The third-order valence-electron chi connectivity index (χ3n) is 11.5. The van der Waals surface area contributed by atoms with Crippen LogP contribution in [0.1, 0.15) is 233 Å². The molecule has 72 heavy (non-hydrogen) atoms. The number of allylic oxidation sites excluding steroid dienone is 24. The van der Waals surface area contributed by atoms with E-state index in [0.29, 0.717) is 12.8 Å². The zero-order chi connectivity index (χ0) is 52.2. The minimum atomic E-state index is -0.809. The Morgan fingerprint density at radius 1 is 0.292 bits per heavy atom. The summed E-state index contributed by atoms with van der Waals surface area (Å²) in [5.41, 5.74) is 0. The van der Waals surface area contributed by atoms with Gasteiger partial charge in [-0.3, -0.25) is 14.4 Å². The number of unbranched alkanes of at least 4 members (excludes halogenated alkanes) is 15. The number of carbonyl (C=O) groups is 3. The molecule has 0 aromatic heterocycles. The Morgan fingerprint density at radius 3 is 0.861 bits per heavy atom. The highest BCUT2D eigenvalue weighted by atomic mass is 16.6. The zero-order valence-electron chi connectivity index (χ0n) is 46.1. The SMILES string of the molecule is CC/C=C\C/C=C\C/C=C\C/C=C\C/C=C\C/C=C\C/C=C\CCCCCCCC(=O)OCC(COC(=O)CCCCCCC/C=C\CCC)OC(=O)CCCCCC/C=C\C/C=C\C/C=C\C/C=C\CC. The van der Waals surface area contributed by atoms with Gasteiger partial charge in [-0.25, -0.2) is 0 Å². The molecule has 404 valence electrons. The van der Waals surface area contributed by atoms with E-state index in [4.69, 9.17) is 14.2 Å². The van der Waals surface area contributed by atoms with Gasteiger partial charge in [-0.2, -0.15) is 0 Å². The van der Waals surface area contributed by atoms with E-state index in [0.717, 1.165) is 180 Å². The fourth-order valence-corrected chi connectivity index (χ4v) is 7.30. The van der Waals surface area contributed by atoms with Gasteiger partial charge in [0.1, 0.15) is 13.2 Å². The Kier molecular flexibility index (Phi) is 55.0. The van der Waals surface area contributed by atoms with Crippen LogP contribution in [-0.4, -0.2) is 37.2 Å². The van der Waals surface area contributed by atoms with Crippen molar-refractivity contribution >= 4 is 17.9 Å². The molecule has 0 rings (SSSR count). The summed E-state index contributed by atoms with van der Waals surface area (Å²) in [6.07, 6.45) is 84.1. The first-order valence-corrected chi connectivity index (χ1v) is 28.8. The van der Waals surface area contributed by atoms with Crippen LogP contribution in [0.25, 0.3) is 0 Å². The van der Waals surface area contributed by atoms with E-state index in [9.17, 15) is 14.4 Å². The van der Waals surface area contributed by atoms with Crippen molar-refractivity contribution in [3.05, 3.63) is 146 Å². The van der Waals surface area contributed by atoms with Crippen molar-refractivity contribution in [1.29, 1.82) is 0 Å². The lowest BCUT2D eigenvalue weighted by Crippen LogP contribution is -2.30. The van der Waals surface area contributed by atoms with Crippen molar-refractivity contribution in [3.63, 3.8) is 0 Å². The molecule has 0 amide bonds. The summed E-state index contributed by atoms with van der Waals surface area (Å²) in [6.45, 7) is 6.29. The monoisotopic (exact) mass is 993 g/mol. The van der Waals surface area contributed by atoms with Crippen molar-refractivity contribution in [3.8, 4) is 0 Å². The average Bonchev–Trinajstić information content (AvgIpc) is 3.38. The van der Waals surface area contributed by atoms with Gasteiger partial charge in [0.2, 0.25) is 0 Å². The highest BCUT2D eigenvalue weighted by Gasteiger charge is 2.19. The maximum Gasteiger partial charge on any atom is 0.306 e. The van der Waals surface area contributed by atoms with Gasteiger partial charge in [-0.1, -0.05) is 224 Å². The molecule has 0 heterocycles. The molecule has 0 aliphatic rings. The molecule has 0 radical (unpaired) electrons. The smallest absolute Gasteiger partial charge is 0.306 e. The Bertz CT molecular complexity index is 1610. The van der Waals surface area contributed by atoms with Crippen LogP contribution in [0.4, 0.5) is 0 Å². The summed E-state index contributed by atoms with van der Waals surface area (Å²) in [4.78, 5) is 38.1. The number of ether oxygens (including phenoxy) is 3. The van der Waals surface area contributed by atoms with Gasteiger partial charge < -0.3 is 14.2 Å². The van der Waals surface area contributed by atoms with Crippen LogP contribution in [0.15, 0.2) is 146 Å². The number of carbonyl (C=O) groups excluding carboxylic acids is 3. The molecule has 0 N–H and O–H groups in total. The number of esters is 3. The van der Waals surface area contributed by atoms with E-state index in [1.165, 1.54) is 12.8 Å². The molecule has 0 bridgehead atoms. The lowest BCUT2D eigenvalue weighted by Gasteiger charge is -2.18. The number of hydrogen-bond acceptors (Lipinski definition) is 6. The third kappa shape index (κ3) is 56.2. The van der Waals surface area contributed by atoms with Crippen LogP contribution in [0.5, 0.6) is 0 Å². The Hall–Kier alpha value is -4.71. The van der Waals surface area contributed by atoms with Crippen molar-refractivity contribution in [2.24, 2.45) is 0 Å². The maximum absolute atomic E-state index is 12.8. The van der Waals surface area contributed by atoms with Crippen LogP contribution in [0, 0.1) is 0 Å². The molecular weight excluding hydrogens is 889 g/mol. The summed E-state index contributed by atoms with van der Waals surface area (Å²) in [7, 11) is 0. The van der Waals surface area contributed by atoms with Crippen LogP contribution in [-0.2, 0) is 28.6 Å². The van der Waals surface area contributed by atoms with Gasteiger partial charge in [0.15, 0.2) is 6.10 Å². The second-order valence-corrected chi connectivity index (χ2v) is 18.4. The fraction of sp³-hybridized carbons (Fsp3) is 0.591. The first-order chi connectivity index (χ1) is 35.5. The molecule has 0 aromatic carbocycles. The molecule has 0 saturated carbocycles. The van der Waals surface area contributed by atoms with Gasteiger partial charge in [0.05, 0.1) is 0 Å². The molecule has 0 aromatic rings. The van der Waals surface area contributed by atoms with Crippen LogP contribution < -0.4 is 0 Å². The average molecular weight is 994 g/mol.